The maximum atomic E-state index is 12.9. The predicted octanol–water partition coefficient (Wildman–Crippen LogP) is 2.98. The number of ether oxygens (including phenoxy) is 1. The van der Waals surface area contributed by atoms with Crippen molar-refractivity contribution in [2.45, 2.75) is 6.04 Å². The summed E-state index contributed by atoms with van der Waals surface area (Å²) in [4.78, 5) is 0. The number of anilines is 1. The van der Waals surface area contributed by atoms with Gasteiger partial charge in [0, 0.05) is 11.8 Å². The lowest BCUT2D eigenvalue weighted by molar-refractivity contribution is 0.276. The highest BCUT2D eigenvalue weighted by molar-refractivity contribution is 5.50. The largest absolute Gasteiger partial charge is 0.497 e. The van der Waals surface area contributed by atoms with Gasteiger partial charge in [-0.3, -0.25) is 0 Å². The molecular formula is C15H16FNO2. The standard InChI is InChI=1S/C15H16FNO2/c1-19-14-4-2-3-13(9-14)17-15(10-18)11-5-7-12(16)8-6-11/h2-9,15,17-18H,10H2,1H3. The van der Waals surface area contributed by atoms with Gasteiger partial charge in [0.05, 0.1) is 19.8 Å². The minimum atomic E-state index is -0.290. The monoisotopic (exact) mass is 261 g/mol. The molecule has 2 rings (SSSR count). The summed E-state index contributed by atoms with van der Waals surface area (Å²) in [6.07, 6.45) is 0. The van der Waals surface area contributed by atoms with Gasteiger partial charge in [-0.1, -0.05) is 18.2 Å². The third kappa shape index (κ3) is 3.45. The number of hydrogen-bond acceptors (Lipinski definition) is 3. The summed E-state index contributed by atoms with van der Waals surface area (Å²) >= 11 is 0. The van der Waals surface area contributed by atoms with E-state index in [9.17, 15) is 9.50 Å². The van der Waals surface area contributed by atoms with Crippen LogP contribution in [0.3, 0.4) is 0 Å². The average molecular weight is 261 g/mol. The number of methoxy groups -OCH3 is 1. The van der Waals surface area contributed by atoms with E-state index < -0.39 is 0 Å². The zero-order valence-electron chi connectivity index (χ0n) is 10.6. The highest BCUT2D eigenvalue weighted by Crippen LogP contribution is 2.22. The third-order valence-corrected chi connectivity index (χ3v) is 2.87. The number of hydrogen-bond donors (Lipinski definition) is 2. The lowest BCUT2D eigenvalue weighted by Gasteiger charge is -2.18. The van der Waals surface area contributed by atoms with E-state index >= 15 is 0 Å². The van der Waals surface area contributed by atoms with E-state index in [0.717, 1.165) is 17.0 Å². The second-order valence-corrected chi connectivity index (χ2v) is 4.16. The summed E-state index contributed by atoms with van der Waals surface area (Å²) in [7, 11) is 1.60. The Morgan fingerprint density at radius 1 is 1.21 bits per heavy atom. The molecule has 0 saturated carbocycles. The van der Waals surface area contributed by atoms with E-state index in [0.29, 0.717) is 0 Å². The second-order valence-electron chi connectivity index (χ2n) is 4.16. The topological polar surface area (TPSA) is 41.5 Å². The summed E-state index contributed by atoms with van der Waals surface area (Å²) in [6, 6.07) is 13.2. The van der Waals surface area contributed by atoms with Crippen molar-refractivity contribution in [3.8, 4) is 5.75 Å². The van der Waals surface area contributed by atoms with Crippen molar-refractivity contribution in [2.24, 2.45) is 0 Å². The van der Waals surface area contributed by atoms with Crippen LogP contribution in [0, 0.1) is 5.82 Å². The molecule has 0 heterocycles. The van der Waals surface area contributed by atoms with Crippen molar-refractivity contribution in [3.63, 3.8) is 0 Å². The molecule has 0 fully saturated rings. The Morgan fingerprint density at radius 2 is 1.95 bits per heavy atom. The molecule has 0 spiro atoms. The molecule has 0 aliphatic rings. The molecule has 0 aliphatic carbocycles. The van der Waals surface area contributed by atoms with Crippen LogP contribution in [0.4, 0.5) is 10.1 Å². The lowest BCUT2D eigenvalue weighted by atomic mass is 10.1. The van der Waals surface area contributed by atoms with E-state index in [4.69, 9.17) is 4.74 Å². The number of aliphatic hydroxyl groups is 1. The van der Waals surface area contributed by atoms with Crippen LogP contribution in [0.5, 0.6) is 5.75 Å². The van der Waals surface area contributed by atoms with Gasteiger partial charge >= 0.3 is 0 Å². The zero-order valence-corrected chi connectivity index (χ0v) is 10.6. The molecule has 1 unspecified atom stereocenters. The minimum absolute atomic E-state index is 0.0805. The Balaban J connectivity index is 2.16. The maximum Gasteiger partial charge on any atom is 0.123 e. The van der Waals surface area contributed by atoms with Crippen molar-refractivity contribution in [2.75, 3.05) is 19.0 Å². The van der Waals surface area contributed by atoms with Gasteiger partial charge in [0.25, 0.3) is 0 Å². The molecular weight excluding hydrogens is 245 g/mol. The maximum absolute atomic E-state index is 12.9. The average Bonchev–Trinajstić information content (AvgIpc) is 2.46. The van der Waals surface area contributed by atoms with Gasteiger partial charge in [0.15, 0.2) is 0 Å². The normalized spacial score (nSPS) is 11.9. The van der Waals surface area contributed by atoms with Crippen molar-refractivity contribution < 1.29 is 14.2 Å². The van der Waals surface area contributed by atoms with E-state index in [1.165, 1.54) is 12.1 Å². The molecule has 2 aromatic carbocycles. The van der Waals surface area contributed by atoms with E-state index in [1.54, 1.807) is 19.2 Å². The minimum Gasteiger partial charge on any atom is -0.497 e. The first-order valence-corrected chi connectivity index (χ1v) is 6.00. The SMILES string of the molecule is COc1cccc(NC(CO)c2ccc(F)cc2)c1. The molecule has 0 aromatic heterocycles. The van der Waals surface area contributed by atoms with Gasteiger partial charge < -0.3 is 15.2 Å². The van der Waals surface area contributed by atoms with E-state index in [1.807, 2.05) is 24.3 Å². The number of benzene rings is 2. The zero-order chi connectivity index (χ0) is 13.7. The number of halogens is 1. The van der Waals surface area contributed by atoms with Crippen molar-refractivity contribution in [1.82, 2.24) is 0 Å². The summed E-state index contributed by atoms with van der Waals surface area (Å²) < 4.78 is 18.0. The Morgan fingerprint density at radius 3 is 2.58 bits per heavy atom. The van der Waals surface area contributed by atoms with Gasteiger partial charge in [-0.2, -0.15) is 0 Å². The molecule has 0 amide bonds. The van der Waals surface area contributed by atoms with Gasteiger partial charge in [0.2, 0.25) is 0 Å². The fourth-order valence-electron chi connectivity index (χ4n) is 1.84. The molecule has 0 bridgehead atoms. The van der Waals surface area contributed by atoms with Gasteiger partial charge in [-0.25, -0.2) is 4.39 Å². The highest BCUT2D eigenvalue weighted by Gasteiger charge is 2.10. The number of rotatable bonds is 5. The molecule has 0 aliphatic heterocycles. The van der Waals surface area contributed by atoms with E-state index in [2.05, 4.69) is 5.32 Å². The Hall–Kier alpha value is -2.07. The third-order valence-electron chi connectivity index (χ3n) is 2.87. The molecule has 19 heavy (non-hydrogen) atoms. The molecule has 0 radical (unpaired) electrons. The first kappa shape index (κ1) is 13.4. The van der Waals surface area contributed by atoms with Crippen LogP contribution in [0.1, 0.15) is 11.6 Å². The van der Waals surface area contributed by atoms with Crippen LogP contribution in [-0.2, 0) is 0 Å². The van der Waals surface area contributed by atoms with Crippen molar-refractivity contribution in [1.29, 1.82) is 0 Å². The first-order valence-electron chi connectivity index (χ1n) is 6.00. The fraction of sp³-hybridized carbons (Fsp3) is 0.200. The predicted molar refractivity (Wildman–Crippen MR) is 72.8 cm³/mol. The summed E-state index contributed by atoms with van der Waals surface area (Å²) in [6.45, 7) is -0.0805. The van der Waals surface area contributed by atoms with Crippen LogP contribution in [0.25, 0.3) is 0 Å². The van der Waals surface area contributed by atoms with Crippen LogP contribution in [0.15, 0.2) is 48.5 Å². The molecule has 0 saturated heterocycles. The van der Waals surface area contributed by atoms with Gasteiger partial charge in [0.1, 0.15) is 11.6 Å². The van der Waals surface area contributed by atoms with Gasteiger partial charge in [-0.05, 0) is 29.8 Å². The van der Waals surface area contributed by atoms with Crippen LogP contribution >= 0.6 is 0 Å². The van der Waals surface area contributed by atoms with E-state index in [-0.39, 0.29) is 18.5 Å². The Labute approximate surface area is 111 Å². The van der Waals surface area contributed by atoms with Crippen LogP contribution < -0.4 is 10.1 Å². The summed E-state index contributed by atoms with van der Waals surface area (Å²) in [5.74, 6) is 0.447. The number of aliphatic hydroxyl groups excluding tert-OH is 1. The van der Waals surface area contributed by atoms with Crippen LogP contribution in [-0.4, -0.2) is 18.8 Å². The highest BCUT2D eigenvalue weighted by atomic mass is 19.1. The van der Waals surface area contributed by atoms with Crippen molar-refractivity contribution >= 4 is 5.69 Å². The van der Waals surface area contributed by atoms with Gasteiger partial charge in [-0.15, -0.1) is 0 Å². The Kier molecular flexibility index (Phi) is 4.36. The van der Waals surface area contributed by atoms with Crippen molar-refractivity contribution in [3.05, 3.63) is 59.9 Å². The quantitative estimate of drug-likeness (QED) is 0.869. The number of nitrogens with one attached hydrogen (secondary N) is 1. The Bertz CT molecular complexity index is 528. The van der Waals surface area contributed by atoms with Crippen LogP contribution in [0.2, 0.25) is 0 Å². The molecule has 100 valence electrons. The molecule has 2 aromatic rings. The summed E-state index contributed by atoms with van der Waals surface area (Å²) in [5, 5.41) is 12.6. The first-order chi connectivity index (χ1) is 9.22. The second kappa shape index (κ2) is 6.20. The summed E-state index contributed by atoms with van der Waals surface area (Å²) in [5.41, 5.74) is 1.66. The smallest absolute Gasteiger partial charge is 0.123 e. The fourth-order valence-corrected chi connectivity index (χ4v) is 1.84. The molecule has 1 atom stereocenters. The molecule has 2 N–H and O–H groups in total. The molecule has 4 heteroatoms. The molecule has 3 nitrogen and oxygen atoms in total. The lowest BCUT2D eigenvalue weighted by Crippen LogP contribution is -2.14.